The van der Waals surface area contributed by atoms with Gasteiger partial charge < -0.3 is 10.2 Å². The van der Waals surface area contributed by atoms with Gasteiger partial charge in [0, 0.05) is 23.9 Å². The van der Waals surface area contributed by atoms with Crippen molar-refractivity contribution in [2.75, 3.05) is 18.4 Å². The molecule has 3 rings (SSSR count). The van der Waals surface area contributed by atoms with E-state index < -0.39 is 0 Å². The van der Waals surface area contributed by atoms with Crippen LogP contribution in [0.3, 0.4) is 0 Å². The minimum absolute atomic E-state index is 0.0633. The van der Waals surface area contributed by atoms with E-state index in [0.29, 0.717) is 12.4 Å². The highest BCUT2D eigenvalue weighted by Crippen LogP contribution is 2.28. The number of hydrogen-bond acceptors (Lipinski definition) is 3. The molecule has 0 atom stereocenters. The lowest BCUT2D eigenvalue weighted by atomic mass is 9.88. The second-order valence-electron chi connectivity index (χ2n) is 10.4. The number of aromatic nitrogens is 2. The predicted octanol–water partition coefficient (Wildman–Crippen LogP) is 5.63. The zero-order chi connectivity index (χ0) is 24.0. The SMILES string of the molecule is CCCCN(CC(=O)Nc1cc(C(C)(C)C)nn1-c1ccccc1C)C(=O)C1CCCCC1. The smallest absolute Gasteiger partial charge is 0.245 e. The Hall–Kier alpha value is -2.63. The quantitative estimate of drug-likeness (QED) is 0.565. The van der Waals surface area contributed by atoms with Crippen molar-refractivity contribution in [2.24, 2.45) is 5.92 Å². The average Bonchev–Trinajstić information content (AvgIpc) is 3.21. The first-order chi connectivity index (χ1) is 15.7. The molecule has 33 heavy (non-hydrogen) atoms. The van der Waals surface area contributed by atoms with Gasteiger partial charge in [-0.2, -0.15) is 5.10 Å². The fourth-order valence-electron chi connectivity index (χ4n) is 4.40. The normalized spacial score (nSPS) is 14.8. The molecule has 0 bridgehead atoms. The van der Waals surface area contributed by atoms with Crippen molar-refractivity contribution in [1.29, 1.82) is 0 Å². The summed E-state index contributed by atoms with van der Waals surface area (Å²) in [5, 5.41) is 7.89. The predicted molar refractivity (Wildman–Crippen MR) is 134 cm³/mol. The third kappa shape index (κ3) is 6.46. The van der Waals surface area contributed by atoms with E-state index in [1.54, 1.807) is 4.90 Å². The Morgan fingerprint density at radius 2 is 1.85 bits per heavy atom. The van der Waals surface area contributed by atoms with Crippen LogP contribution < -0.4 is 5.32 Å². The standard InChI is InChI=1S/C27H40N4O2/c1-6-7-17-30(26(33)21-14-9-8-10-15-21)19-25(32)28-24-18-23(27(3,4)5)29-31(24)22-16-12-11-13-20(22)2/h11-13,16,18,21H,6-10,14-15,17,19H2,1-5H3,(H,28,32). The van der Waals surface area contributed by atoms with Gasteiger partial charge in [-0.1, -0.05) is 71.6 Å². The Morgan fingerprint density at radius 1 is 1.15 bits per heavy atom. The van der Waals surface area contributed by atoms with Gasteiger partial charge in [-0.15, -0.1) is 0 Å². The van der Waals surface area contributed by atoms with Gasteiger partial charge in [0.2, 0.25) is 11.8 Å². The number of carbonyl (C=O) groups excluding carboxylic acids is 2. The van der Waals surface area contributed by atoms with E-state index in [9.17, 15) is 9.59 Å². The van der Waals surface area contributed by atoms with Crippen molar-refractivity contribution in [3.63, 3.8) is 0 Å². The summed E-state index contributed by atoms with van der Waals surface area (Å²) >= 11 is 0. The number of rotatable bonds is 8. The summed E-state index contributed by atoms with van der Waals surface area (Å²) in [5.74, 6) is 0.666. The fraction of sp³-hybridized carbons (Fsp3) is 0.593. The Balaban J connectivity index is 1.82. The fourth-order valence-corrected chi connectivity index (χ4v) is 4.40. The molecular formula is C27H40N4O2. The van der Waals surface area contributed by atoms with Crippen molar-refractivity contribution in [3.05, 3.63) is 41.6 Å². The largest absolute Gasteiger partial charge is 0.333 e. The molecule has 1 saturated carbocycles. The number of para-hydroxylation sites is 1. The van der Waals surface area contributed by atoms with Gasteiger partial charge in [0.1, 0.15) is 5.82 Å². The van der Waals surface area contributed by atoms with Crippen LogP contribution in [0.4, 0.5) is 5.82 Å². The topological polar surface area (TPSA) is 67.2 Å². The van der Waals surface area contributed by atoms with Crippen molar-refractivity contribution >= 4 is 17.6 Å². The molecule has 1 aliphatic carbocycles. The molecule has 1 aromatic carbocycles. The number of carbonyl (C=O) groups is 2. The van der Waals surface area contributed by atoms with Crippen molar-refractivity contribution in [2.45, 2.75) is 85.0 Å². The maximum atomic E-state index is 13.2. The van der Waals surface area contributed by atoms with Gasteiger partial charge >= 0.3 is 0 Å². The zero-order valence-electron chi connectivity index (χ0n) is 21.0. The molecule has 1 aliphatic rings. The van der Waals surface area contributed by atoms with Crippen LogP contribution in [0.25, 0.3) is 5.69 Å². The van der Waals surface area contributed by atoms with Gasteiger partial charge in [-0.3, -0.25) is 9.59 Å². The van der Waals surface area contributed by atoms with Gasteiger partial charge in [-0.25, -0.2) is 4.68 Å². The zero-order valence-corrected chi connectivity index (χ0v) is 21.0. The van der Waals surface area contributed by atoms with Gasteiger partial charge in [0.25, 0.3) is 0 Å². The Labute approximate surface area is 198 Å². The Morgan fingerprint density at radius 3 is 2.48 bits per heavy atom. The van der Waals surface area contributed by atoms with Crippen molar-refractivity contribution < 1.29 is 9.59 Å². The maximum Gasteiger partial charge on any atom is 0.245 e. The second kappa shape index (κ2) is 11.0. The molecule has 0 aliphatic heterocycles. The first-order valence-electron chi connectivity index (χ1n) is 12.5. The third-order valence-electron chi connectivity index (χ3n) is 6.47. The molecule has 2 aromatic rings. The number of aryl methyl sites for hydroxylation is 1. The summed E-state index contributed by atoms with van der Waals surface area (Å²) in [6.45, 7) is 11.2. The van der Waals surface area contributed by atoms with Crippen LogP contribution in [0.2, 0.25) is 0 Å². The molecule has 0 spiro atoms. The summed E-state index contributed by atoms with van der Waals surface area (Å²) in [4.78, 5) is 28.1. The van der Waals surface area contributed by atoms with Crippen molar-refractivity contribution in [1.82, 2.24) is 14.7 Å². The minimum Gasteiger partial charge on any atom is -0.333 e. The van der Waals surface area contributed by atoms with Gasteiger partial charge in [0.15, 0.2) is 0 Å². The summed E-state index contributed by atoms with van der Waals surface area (Å²) < 4.78 is 1.81. The lowest BCUT2D eigenvalue weighted by Gasteiger charge is -2.29. The summed E-state index contributed by atoms with van der Waals surface area (Å²) in [5.41, 5.74) is 2.76. The van der Waals surface area contributed by atoms with E-state index in [0.717, 1.165) is 55.5 Å². The number of amides is 2. The summed E-state index contributed by atoms with van der Waals surface area (Å²) in [6.07, 6.45) is 7.20. The van der Waals surface area contributed by atoms with Crippen molar-refractivity contribution in [3.8, 4) is 5.69 Å². The molecule has 1 fully saturated rings. The monoisotopic (exact) mass is 452 g/mol. The number of hydrogen-bond donors (Lipinski definition) is 1. The van der Waals surface area contributed by atoms with Gasteiger partial charge in [0.05, 0.1) is 17.9 Å². The molecule has 0 saturated heterocycles. The number of nitrogens with one attached hydrogen (secondary N) is 1. The second-order valence-corrected chi connectivity index (χ2v) is 10.4. The molecule has 1 N–H and O–H groups in total. The number of benzene rings is 1. The highest BCUT2D eigenvalue weighted by atomic mass is 16.2. The van der Waals surface area contributed by atoms with Crippen LogP contribution in [-0.4, -0.2) is 39.6 Å². The highest BCUT2D eigenvalue weighted by Gasteiger charge is 2.28. The molecule has 180 valence electrons. The molecule has 1 heterocycles. The van der Waals surface area contributed by atoms with E-state index in [2.05, 4.69) is 33.0 Å². The number of anilines is 1. The van der Waals surface area contributed by atoms with Crippen LogP contribution in [0, 0.1) is 12.8 Å². The van der Waals surface area contributed by atoms with E-state index in [4.69, 9.17) is 5.10 Å². The van der Waals surface area contributed by atoms with Crippen LogP contribution >= 0.6 is 0 Å². The van der Waals surface area contributed by atoms with E-state index in [1.165, 1.54) is 6.42 Å². The van der Waals surface area contributed by atoms with Crippen LogP contribution in [0.15, 0.2) is 30.3 Å². The molecule has 0 unspecified atom stereocenters. The highest BCUT2D eigenvalue weighted by molar-refractivity contribution is 5.94. The van der Waals surface area contributed by atoms with Crippen LogP contribution in [-0.2, 0) is 15.0 Å². The lowest BCUT2D eigenvalue weighted by Crippen LogP contribution is -2.42. The van der Waals surface area contributed by atoms with Gasteiger partial charge in [-0.05, 0) is 37.8 Å². The maximum absolute atomic E-state index is 13.2. The number of unbranched alkanes of at least 4 members (excludes halogenated alkanes) is 1. The Bertz CT molecular complexity index is 951. The van der Waals surface area contributed by atoms with E-state index in [1.807, 2.05) is 41.9 Å². The molecule has 6 nitrogen and oxygen atoms in total. The van der Waals surface area contributed by atoms with Crippen LogP contribution in [0.1, 0.15) is 83.9 Å². The first-order valence-corrected chi connectivity index (χ1v) is 12.5. The third-order valence-corrected chi connectivity index (χ3v) is 6.47. The molecule has 0 radical (unpaired) electrons. The lowest BCUT2D eigenvalue weighted by molar-refractivity contribution is -0.139. The molecular weight excluding hydrogens is 412 g/mol. The molecule has 1 aromatic heterocycles. The number of nitrogens with zero attached hydrogens (tertiary/aromatic N) is 3. The Kier molecular flexibility index (Phi) is 8.33. The first kappa shape index (κ1) is 25.0. The molecule has 2 amide bonds. The van der Waals surface area contributed by atoms with E-state index >= 15 is 0 Å². The summed E-state index contributed by atoms with van der Waals surface area (Å²) in [7, 11) is 0. The summed E-state index contributed by atoms with van der Waals surface area (Å²) in [6, 6.07) is 9.96. The van der Waals surface area contributed by atoms with Crippen LogP contribution in [0.5, 0.6) is 0 Å². The molecule has 6 heteroatoms. The average molecular weight is 453 g/mol. The minimum atomic E-state index is -0.176. The van der Waals surface area contributed by atoms with E-state index in [-0.39, 0.29) is 29.7 Å².